The first-order chi connectivity index (χ1) is 13.4. The molecule has 0 bridgehead atoms. The Morgan fingerprint density at radius 2 is 1.64 bits per heavy atom. The largest absolute Gasteiger partial charge is 0.269 e. The zero-order valence-electron chi connectivity index (χ0n) is 16.6. The molecule has 28 heavy (non-hydrogen) atoms. The van der Waals surface area contributed by atoms with Gasteiger partial charge in [-0.25, -0.2) is 8.42 Å². The molecule has 0 aliphatic heterocycles. The lowest BCUT2D eigenvalue weighted by atomic mass is 10.0. The van der Waals surface area contributed by atoms with E-state index < -0.39 is 10.0 Å². The molecule has 0 atom stereocenters. The normalized spacial score (nSPS) is 12.0. The summed E-state index contributed by atoms with van der Waals surface area (Å²) in [7, 11) is -3.65. The van der Waals surface area contributed by atoms with Crippen LogP contribution >= 0.6 is 0 Å². The summed E-state index contributed by atoms with van der Waals surface area (Å²) in [5.74, 6) is 0.357. The Morgan fingerprint density at radius 1 is 0.964 bits per heavy atom. The van der Waals surface area contributed by atoms with E-state index in [1.165, 1.54) is 4.31 Å². The van der Waals surface area contributed by atoms with Gasteiger partial charge in [-0.2, -0.15) is 9.40 Å². The number of benzene rings is 2. The summed E-state index contributed by atoms with van der Waals surface area (Å²) in [4.78, 5) is 0.315. The second-order valence-corrected chi connectivity index (χ2v) is 9.06. The van der Waals surface area contributed by atoms with Crippen molar-refractivity contribution < 1.29 is 8.42 Å². The molecule has 0 saturated carbocycles. The Morgan fingerprint density at radius 3 is 2.25 bits per heavy atom. The van der Waals surface area contributed by atoms with Gasteiger partial charge in [0.15, 0.2) is 0 Å². The highest BCUT2D eigenvalue weighted by Gasteiger charge is 2.26. The SMILES string of the molecule is CCn1nccc1CN(Cc1ccccc1)S(=O)(=O)c1ccc(C(C)C)cc1. The van der Waals surface area contributed by atoms with Gasteiger partial charge < -0.3 is 0 Å². The van der Waals surface area contributed by atoms with Crippen molar-refractivity contribution in [1.82, 2.24) is 14.1 Å². The van der Waals surface area contributed by atoms with Crippen LogP contribution in [0.4, 0.5) is 0 Å². The van der Waals surface area contributed by atoms with Gasteiger partial charge in [0.05, 0.1) is 17.1 Å². The Balaban J connectivity index is 1.96. The molecule has 2 aromatic carbocycles. The summed E-state index contributed by atoms with van der Waals surface area (Å²) in [6.45, 7) is 7.47. The van der Waals surface area contributed by atoms with Gasteiger partial charge in [-0.05, 0) is 42.2 Å². The molecule has 0 spiro atoms. The molecule has 148 valence electrons. The van der Waals surface area contributed by atoms with Crippen LogP contribution in [0.15, 0.2) is 71.8 Å². The fraction of sp³-hybridized carbons (Fsp3) is 0.318. The van der Waals surface area contributed by atoms with E-state index in [0.717, 1.165) is 16.8 Å². The maximum absolute atomic E-state index is 13.4. The zero-order chi connectivity index (χ0) is 20.1. The number of aromatic nitrogens is 2. The second kappa shape index (κ2) is 8.71. The first kappa shape index (κ1) is 20.3. The Kier molecular flexibility index (Phi) is 6.31. The average Bonchev–Trinajstić information content (AvgIpc) is 3.15. The van der Waals surface area contributed by atoms with Crippen LogP contribution in [0.1, 0.15) is 43.5 Å². The van der Waals surface area contributed by atoms with Crippen molar-refractivity contribution in [3.05, 3.63) is 83.7 Å². The molecule has 3 aromatic rings. The molecule has 0 N–H and O–H groups in total. The summed E-state index contributed by atoms with van der Waals surface area (Å²) in [6, 6.07) is 18.8. The van der Waals surface area contributed by atoms with Crippen molar-refractivity contribution in [2.75, 3.05) is 0 Å². The monoisotopic (exact) mass is 397 g/mol. The number of rotatable bonds is 8. The molecule has 5 nitrogen and oxygen atoms in total. The van der Waals surface area contributed by atoms with Crippen LogP contribution in [0.3, 0.4) is 0 Å². The van der Waals surface area contributed by atoms with E-state index >= 15 is 0 Å². The molecule has 0 fully saturated rings. The minimum Gasteiger partial charge on any atom is -0.269 e. The van der Waals surface area contributed by atoms with E-state index in [1.807, 2.05) is 60.1 Å². The number of aryl methyl sites for hydroxylation is 1. The van der Waals surface area contributed by atoms with Gasteiger partial charge in [-0.1, -0.05) is 56.3 Å². The number of sulfonamides is 1. The average molecular weight is 398 g/mol. The first-order valence-electron chi connectivity index (χ1n) is 9.56. The van der Waals surface area contributed by atoms with Gasteiger partial charge in [0.25, 0.3) is 0 Å². The van der Waals surface area contributed by atoms with E-state index in [9.17, 15) is 8.42 Å². The van der Waals surface area contributed by atoms with E-state index in [0.29, 0.717) is 23.9 Å². The van der Waals surface area contributed by atoms with Crippen LogP contribution in [0.25, 0.3) is 0 Å². The van der Waals surface area contributed by atoms with E-state index in [-0.39, 0.29) is 6.54 Å². The maximum Gasteiger partial charge on any atom is 0.243 e. The minimum absolute atomic E-state index is 0.275. The standard InChI is InChI=1S/C22H27N3O2S/c1-4-25-21(14-15-23-25)17-24(16-19-8-6-5-7-9-19)28(26,27)22-12-10-20(11-13-22)18(2)3/h5-15,18H,4,16-17H2,1-3H3. The molecule has 6 heteroatoms. The minimum atomic E-state index is -3.65. The molecule has 1 aromatic heterocycles. The predicted molar refractivity (Wildman–Crippen MR) is 111 cm³/mol. The number of nitrogens with zero attached hydrogens (tertiary/aromatic N) is 3. The molecule has 0 amide bonds. The van der Waals surface area contributed by atoms with Crippen molar-refractivity contribution in [3.63, 3.8) is 0 Å². The first-order valence-corrected chi connectivity index (χ1v) is 11.0. The van der Waals surface area contributed by atoms with Crippen LogP contribution in [0.5, 0.6) is 0 Å². The summed E-state index contributed by atoms with van der Waals surface area (Å²) in [6.07, 6.45) is 1.71. The highest BCUT2D eigenvalue weighted by atomic mass is 32.2. The number of hydrogen-bond donors (Lipinski definition) is 0. The third-order valence-corrected chi connectivity index (χ3v) is 6.63. The van der Waals surface area contributed by atoms with Gasteiger partial charge >= 0.3 is 0 Å². The molecule has 0 aliphatic carbocycles. The topological polar surface area (TPSA) is 55.2 Å². The third kappa shape index (κ3) is 4.51. The molecule has 0 unspecified atom stereocenters. The zero-order valence-corrected chi connectivity index (χ0v) is 17.4. The molecular formula is C22H27N3O2S. The van der Waals surface area contributed by atoms with Gasteiger partial charge in [0, 0.05) is 19.3 Å². The summed E-state index contributed by atoms with van der Waals surface area (Å²) in [5, 5.41) is 4.28. The lowest BCUT2D eigenvalue weighted by Crippen LogP contribution is -2.31. The van der Waals surface area contributed by atoms with Gasteiger partial charge in [-0.15, -0.1) is 0 Å². The fourth-order valence-corrected chi connectivity index (χ4v) is 4.55. The molecular weight excluding hydrogens is 370 g/mol. The number of hydrogen-bond acceptors (Lipinski definition) is 3. The Labute approximate surface area is 167 Å². The Bertz CT molecular complexity index is 994. The lowest BCUT2D eigenvalue weighted by molar-refractivity contribution is 0.386. The smallest absolute Gasteiger partial charge is 0.243 e. The molecule has 0 saturated heterocycles. The van der Waals surface area contributed by atoms with Crippen molar-refractivity contribution in [2.45, 2.75) is 51.2 Å². The second-order valence-electron chi connectivity index (χ2n) is 7.12. The van der Waals surface area contributed by atoms with E-state index in [2.05, 4.69) is 18.9 Å². The van der Waals surface area contributed by atoms with Crippen LogP contribution in [0.2, 0.25) is 0 Å². The molecule has 0 radical (unpaired) electrons. The Hall–Kier alpha value is -2.44. The van der Waals surface area contributed by atoms with Crippen molar-refractivity contribution >= 4 is 10.0 Å². The third-order valence-electron chi connectivity index (χ3n) is 4.83. The summed E-state index contributed by atoms with van der Waals surface area (Å²) < 4.78 is 30.2. The van der Waals surface area contributed by atoms with Crippen molar-refractivity contribution in [1.29, 1.82) is 0 Å². The maximum atomic E-state index is 13.4. The fourth-order valence-electron chi connectivity index (χ4n) is 3.15. The van der Waals surface area contributed by atoms with Crippen LogP contribution in [-0.2, 0) is 29.7 Å². The molecule has 3 rings (SSSR count). The van der Waals surface area contributed by atoms with Crippen LogP contribution in [-0.4, -0.2) is 22.5 Å². The highest BCUT2D eigenvalue weighted by molar-refractivity contribution is 7.89. The summed E-state index contributed by atoms with van der Waals surface area (Å²) >= 11 is 0. The van der Waals surface area contributed by atoms with Crippen LogP contribution in [0, 0.1) is 0 Å². The summed E-state index contributed by atoms with van der Waals surface area (Å²) in [5.41, 5.74) is 2.95. The highest BCUT2D eigenvalue weighted by Crippen LogP contribution is 2.23. The van der Waals surface area contributed by atoms with Crippen molar-refractivity contribution in [2.24, 2.45) is 0 Å². The van der Waals surface area contributed by atoms with E-state index in [1.54, 1.807) is 18.3 Å². The quantitative estimate of drug-likeness (QED) is 0.565. The van der Waals surface area contributed by atoms with Crippen LogP contribution < -0.4 is 0 Å². The van der Waals surface area contributed by atoms with Gasteiger partial charge in [-0.3, -0.25) is 4.68 Å². The van der Waals surface area contributed by atoms with Crippen molar-refractivity contribution in [3.8, 4) is 0 Å². The van der Waals surface area contributed by atoms with Gasteiger partial charge in [0.2, 0.25) is 10.0 Å². The van der Waals surface area contributed by atoms with Gasteiger partial charge in [0.1, 0.15) is 0 Å². The predicted octanol–water partition coefficient (Wildman–Crippen LogP) is 4.42. The molecule has 0 aliphatic rings. The molecule has 1 heterocycles. The van der Waals surface area contributed by atoms with E-state index in [4.69, 9.17) is 0 Å². The lowest BCUT2D eigenvalue weighted by Gasteiger charge is -2.23.